The molecule has 0 aliphatic carbocycles. The van der Waals surface area contributed by atoms with Gasteiger partial charge in [-0.05, 0) is 84.0 Å². The van der Waals surface area contributed by atoms with Crippen LogP contribution in [0.15, 0.2) is 0 Å². The van der Waals surface area contributed by atoms with Crippen LogP contribution in [0.3, 0.4) is 0 Å². The number of carbonyl (C=O) groups is 4. The molecule has 0 spiro atoms. The van der Waals surface area contributed by atoms with Crippen molar-refractivity contribution >= 4 is 40.0 Å². The van der Waals surface area contributed by atoms with Crippen molar-refractivity contribution in [1.29, 1.82) is 0 Å². The Kier molecular flexibility index (Phi) is 23.8. The number of hydrogen-bond acceptors (Lipinski definition) is 7. The molecule has 1 aliphatic rings. The number of nitrogens with zero attached hydrogens (tertiary/aromatic N) is 3. The van der Waals surface area contributed by atoms with Gasteiger partial charge in [0.1, 0.15) is 11.1 Å². The average Bonchev–Trinajstić information content (AvgIpc) is 3.52. The van der Waals surface area contributed by atoms with Crippen LogP contribution < -0.4 is 10.4 Å². The highest BCUT2D eigenvalue weighted by atomic mass is 32.1. The third-order valence-corrected chi connectivity index (χ3v) is 11.1. The van der Waals surface area contributed by atoms with Gasteiger partial charge in [0.05, 0.1) is 12.1 Å². The van der Waals surface area contributed by atoms with Crippen LogP contribution in [0.25, 0.3) is 0 Å². The number of thiophene rings is 1. The second-order valence-electron chi connectivity index (χ2n) is 14.9. The summed E-state index contributed by atoms with van der Waals surface area (Å²) in [7, 11) is 3.93. The highest BCUT2D eigenvalue weighted by Gasteiger charge is 2.33. The summed E-state index contributed by atoms with van der Waals surface area (Å²) in [5, 5.41) is 3.07. The predicted molar refractivity (Wildman–Crippen MR) is 211 cm³/mol. The summed E-state index contributed by atoms with van der Waals surface area (Å²) in [5.74, 6) is -1.24. The lowest BCUT2D eigenvalue weighted by atomic mass is 10.0. The minimum atomic E-state index is -0.662. The van der Waals surface area contributed by atoms with Crippen LogP contribution in [0.2, 0.25) is 0 Å². The molecule has 0 fully saturated rings. The van der Waals surface area contributed by atoms with Gasteiger partial charge < -0.3 is 19.9 Å². The summed E-state index contributed by atoms with van der Waals surface area (Å²) in [5.41, 5.74) is 0.938. The van der Waals surface area contributed by atoms with Gasteiger partial charge in [0.15, 0.2) is 0 Å². The Hall–Kier alpha value is -2.53. The second kappa shape index (κ2) is 27.1. The smallest absolute Gasteiger partial charge is 0.306 e. The van der Waals surface area contributed by atoms with Gasteiger partial charge in [-0.3, -0.25) is 19.2 Å². The molecular formula is C41H71FN4O5S. The van der Waals surface area contributed by atoms with Crippen LogP contribution in [0, 0.1) is 0 Å². The second-order valence-corrected chi connectivity index (χ2v) is 16.0. The van der Waals surface area contributed by atoms with E-state index in [1.165, 1.54) is 64.2 Å². The summed E-state index contributed by atoms with van der Waals surface area (Å²) in [6.07, 6.45) is 20.8. The highest BCUT2D eigenvalue weighted by molar-refractivity contribution is 7.17. The van der Waals surface area contributed by atoms with Gasteiger partial charge >= 0.3 is 5.97 Å². The van der Waals surface area contributed by atoms with Crippen molar-refractivity contribution in [3.05, 3.63) is 16.0 Å². The molecule has 11 heteroatoms. The molecule has 1 aromatic rings. The van der Waals surface area contributed by atoms with E-state index in [1.807, 2.05) is 25.9 Å². The molecule has 2 heterocycles. The first-order valence-corrected chi connectivity index (χ1v) is 21.5. The van der Waals surface area contributed by atoms with Gasteiger partial charge in [-0.25, -0.2) is 0 Å². The van der Waals surface area contributed by atoms with Crippen LogP contribution in [-0.4, -0.2) is 73.3 Å². The first-order valence-electron chi connectivity index (χ1n) is 20.7. The molecule has 0 unspecified atom stereocenters. The first kappa shape index (κ1) is 45.6. The molecule has 9 nitrogen and oxygen atoms in total. The minimum absolute atomic E-state index is 0.00955. The summed E-state index contributed by atoms with van der Waals surface area (Å²) in [4.78, 5) is 56.6. The molecule has 52 heavy (non-hydrogen) atoms. The number of carbonyl (C=O) groups excluding carboxylic acids is 4. The fraction of sp³-hybridized carbons (Fsp3) is 0.805. The van der Waals surface area contributed by atoms with E-state index in [4.69, 9.17) is 4.74 Å². The van der Waals surface area contributed by atoms with Crippen LogP contribution >= 0.6 is 11.3 Å². The lowest BCUT2D eigenvalue weighted by molar-refractivity contribution is -0.150. The van der Waals surface area contributed by atoms with Crippen molar-refractivity contribution in [3.8, 4) is 0 Å². The summed E-state index contributed by atoms with van der Waals surface area (Å²) < 4.78 is 21.5. The van der Waals surface area contributed by atoms with E-state index in [9.17, 15) is 19.2 Å². The number of unbranched alkanes of at least 4 members (excludes halogenated alkanes) is 12. The van der Waals surface area contributed by atoms with E-state index in [1.54, 1.807) is 4.90 Å². The normalized spacial score (nSPS) is 12.7. The molecule has 1 aliphatic heterocycles. The van der Waals surface area contributed by atoms with Gasteiger partial charge in [-0.15, -0.1) is 16.5 Å². The Morgan fingerprint density at radius 3 is 2.00 bits per heavy atom. The standard InChI is InChI=1S/C41H71FN4O5S/c1-6-9-12-14-16-18-23-33(24-19-17-15-13-10-7-2)51-38(49)27-21-20-26-36(47)45-31-28-34-35(32-45)52-41(46(42)37(48)25-11-8-3)39(34)40(50)43-29-22-30-44(4)5/h33H,6-32H2,1-5H3,(H,43,50). The molecule has 1 aromatic heterocycles. The van der Waals surface area contributed by atoms with E-state index in [0.29, 0.717) is 51.6 Å². The Labute approximate surface area is 318 Å². The number of rotatable bonds is 29. The molecule has 0 saturated carbocycles. The highest BCUT2D eigenvalue weighted by Crippen LogP contribution is 2.40. The topological polar surface area (TPSA) is 99.3 Å². The van der Waals surface area contributed by atoms with Crippen molar-refractivity contribution in [3.63, 3.8) is 0 Å². The number of hydrogen-bond donors (Lipinski definition) is 1. The zero-order valence-electron chi connectivity index (χ0n) is 33.3. The van der Waals surface area contributed by atoms with Gasteiger partial charge in [-0.1, -0.05) is 95.9 Å². The fourth-order valence-corrected chi connectivity index (χ4v) is 8.00. The zero-order valence-corrected chi connectivity index (χ0v) is 34.2. The van der Waals surface area contributed by atoms with E-state index in [0.717, 1.165) is 66.8 Å². The summed E-state index contributed by atoms with van der Waals surface area (Å²) in [6, 6.07) is 0. The number of halogens is 1. The van der Waals surface area contributed by atoms with Crippen LogP contribution in [0.4, 0.5) is 9.48 Å². The van der Waals surface area contributed by atoms with Crippen LogP contribution in [-0.2, 0) is 32.1 Å². The van der Waals surface area contributed by atoms with E-state index >= 15 is 4.48 Å². The molecule has 298 valence electrons. The van der Waals surface area contributed by atoms with Crippen molar-refractivity contribution in [2.75, 3.05) is 38.9 Å². The van der Waals surface area contributed by atoms with Crippen LogP contribution in [0.5, 0.6) is 0 Å². The molecule has 0 radical (unpaired) electrons. The van der Waals surface area contributed by atoms with Crippen molar-refractivity contribution in [2.24, 2.45) is 0 Å². The molecule has 3 amide bonds. The number of esters is 1. The molecule has 0 aromatic carbocycles. The fourth-order valence-electron chi connectivity index (χ4n) is 6.71. The van der Waals surface area contributed by atoms with Gasteiger partial charge in [0.2, 0.25) is 5.91 Å². The number of fused-ring (bicyclic) bond motifs is 1. The quantitative estimate of drug-likeness (QED) is 0.0498. The molecular weight excluding hydrogens is 680 g/mol. The lowest BCUT2D eigenvalue weighted by Gasteiger charge is -2.27. The van der Waals surface area contributed by atoms with Crippen molar-refractivity contribution < 1.29 is 28.4 Å². The third-order valence-electron chi connectivity index (χ3n) is 9.91. The zero-order chi connectivity index (χ0) is 38.1. The van der Waals surface area contributed by atoms with E-state index in [2.05, 4.69) is 19.2 Å². The minimum Gasteiger partial charge on any atom is -0.462 e. The molecule has 2 rings (SSSR count). The number of nitrogens with one attached hydrogen (secondary N) is 1. The molecule has 0 atom stereocenters. The SMILES string of the molecule is CCCCCCCCC(CCCCCCCC)OC(=O)CCCCC(=O)N1CCc2c(sc(N(F)C(=O)CCCC)c2C(=O)NCCCN(C)C)C1. The maximum absolute atomic E-state index is 15.5. The molecule has 0 saturated heterocycles. The lowest BCUT2D eigenvalue weighted by Crippen LogP contribution is -2.36. The maximum Gasteiger partial charge on any atom is 0.306 e. The van der Waals surface area contributed by atoms with E-state index in [-0.39, 0.29) is 52.5 Å². The van der Waals surface area contributed by atoms with E-state index < -0.39 is 5.91 Å². The largest absolute Gasteiger partial charge is 0.462 e. The average molecular weight is 751 g/mol. The Bertz CT molecular complexity index is 1180. The predicted octanol–water partition coefficient (Wildman–Crippen LogP) is 9.70. The number of anilines is 1. The Morgan fingerprint density at radius 2 is 1.38 bits per heavy atom. The third kappa shape index (κ3) is 17.5. The summed E-state index contributed by atoms with van der Waals surface area (Å²) in [6.45, 7) is 8.32. The van der Waals surface area contributed by atoms with Crippen molar-refractivity contribution in [2.45, 2.75) is 181 Å². The molecule has 0 bridgehead atoms. The monoisotopic (exact) mass is 751 g/mol. The van der Waals surface area contributed by atoms with Gasteiger partial charge in [-0.2, -0.15) is 0 Å². The van der Waals surface area contributed by atoms with Crippen LogP contribution in [0.1, 0.15) is 183 Å². The van der Waals surface area contributed by atoms with Gasteiger partial charge in [0.25, 0.3) is 11.8 Å². The number of amides is 3. The number of ether oxygens (including phenoxy) is 1. The van der Waals surface area contributed by atoms with Crippen molar-refractivity contribution in [1.82, 2.24) is 15.1 Å². The first-order chi connectivity index (χ1) is 25.1. The Morgan fingerprint density at radius 1 is 0.788 bits per heavy atom. The van der Waals surface area contributed by atoms with Gasteiger partial charge in [0, 0.05) is 37.2 Å². The Balaban J connectivity index is 1.92. The summed E-state index contributed by atoms with van der Waals surface area (Å²) >= 11 is 1.09. The maximum atomic E-state index is 15.5. The molecule has 1 N–H and O–H groups in total.